The number of nitrogens with one attached hydrogen (secondary N) is 1. The summed E-state index contributed by atoms with van der Waals surface area (Å²) in [4.78, 5) is 17.5. The van der Waals surface area contributed by atoms with Crippen LogP contribution in [-0.2, 0) is 4.79 Å². The summed E-state index contributed by atoms with van der Waals surface area (Å²) in [6.07, 6.45) is -0.559. The van der Waals surface area contributed by atoms with Gasteiger partial charge in [0, 0.05) is 53.4 Å². The third-order valence-corrected chi connectivity index (χ3v) is 7.59. The molecule has 1 aromatic heterocycles. The molecule has 1 unspecified atom stereocenters. The van der Waals surface area contributed by atoms with Gasteiger partial charge >= 0.3 is 0 Å². The number of aliphatic hydroxyl groups is 1. The zero-order valence-corrected chi connectivity index (χ0v) is 17.6. The highest BCUT2D eigenvalue weighted by Crippen LogP contribution is 2.34. The highest BCUT2D eigenvalue weighted by molar-refractivity contribution is 8.00. The topological polar surface area (TPSA) is 55.8 Å². The number of carbonyl (C=O) groups is 1. The van der Waals surface area contributed by atoms with Crippen LogP contribution in [-0.4, -0.2) is 54.4 Å². The van der Waals surface area contributed by atoms with E-state index in [0.29, 0.717) is 12.3 Å². The van der Waals surface area contributed by atoms with Gasteiger partial charge in [-0.2, -0.15) is 0 Å². The summed E-state index contributed by atoms with van der Waals surface area (Å²) in [6.45, 7) is 4.37. The first kappa shape index (κ1) is 18.9. The Bertz CT molecular complexity index is 1040. The zero-order valence-electron chi connectivity index (χ0n) is 16.0. The second-order valence-electron chi connectivity index (χ2n) is 7.51. The van der Waals surface area contributed by atoms with E-state index in [0.717, 1.165) is 42.3 Å². The van der Waals surface area contributed by atoms with E-state index in [-0.39, 0.29) is 5.91 Å². The van der Waals surface area contributed by atoms with Crippen molar-refractivity contribution in [3.05, 3.63) is 53.4 Å². The maximum Gasteiger partial charge on any atom is 0.234 e. The Hall–Kier alpha value is -2.06. The summed E-state index contributed by atoms with van der Waals surface area (Å²) in [5, 5.41) is 17.2. The van der Waals surface area contributed by atoms with E-state index in [1.54, 1.807) is 23.1 Å². The van der Waals surface area contributed by atoms with Gasteiger partial charge in [-0.1, -0.05) is 12.1 Å². The van der Waals surface area contributed by atoms with Crippen LogP contribution in [0.3, 0.4) is 0 Å². The normalized spacial score (nSPS) is 18.5. The molecule has 5 nitrogen and oxygen atoms in total. The van der Waals surface area contributed by atoms with Gasteiger partial charge in [-0.15, -0.1) is 23.1 Å². The van der Waals surface area contributed by atoms with Crippen molar-refractivity contribution in [2.45, 2.75) is 11.0 Å². The van der Waals surface area contributed by atoms with Crippen LogP contribution in [0.5, 0.6) is 0 Å². The fourth-order valence-corrected chi connectivity index (χ4v) is 5.68. The molecule has 5 rings (SSSR count). The predicted molar refractivity (Wildman–Crippen MR) is 121 cm³/mol. The van der Waals surface area contributed by atoms with Crippen LogP contribution < -0.4 is 10.2 Å². The molecular weight excluding hydrogens is 402 g/mol. The Morgan fingerprint density at radius 3 is 2.83 bits per heavy atom. The van der Waals surface area contributed by atoms with E-state index in [2.05, 4.69) is 44.8 Å². The molecule has 29 heavy (non-hydrogen) atoms. The van der Waals surface area contributed by atoms with E-state index >= 15 is 0 Å². The minimum atomic E-state index is -0.559. The molecular formula is C22H23N3O2S2. The minimum absolute atomic E-state index is 0.0194. The summed E-state index contributed by atoms with van der Waals surface area (Å²) < 4.78 is 1.33. The Balaban J connectivity index is 1.22. The number of hydrogen-bond acceptors (Lipinski definition) is 6. The quantitative estimate of drug-likeness (QED) is 0.666. The Morgan fingerprint density at radius 1 is 1.10 bits per heavy atom. The predicted octanol–water partition coefficient (Wildman–Crippen LogP) is 3.80. The molecule has 2 aromatic carbocycles. The molecule has 7 heteroatoms. The van der Waals surface area contributed by atoms with Gasteiger partial charge in [0.15, 0.2) is 0 Å². The van der Waals surface area contributed by atoms with Gasteiger partial charge in [-0.3, -0.25) is 9.69 Å². The Morgan fingerprint density at radius 2 is 1.97 bits per heavy atom. The number of carbonyl (C=O) groups excluding carboxylic acids is 1. The number of aliphatic hydroxyl groups excluding tert-OH is 1. The number of benzene rings is 2. The van der Waals surface area contributed by atoms with Crippen LogP contribution in [0.1, 0.15) is 11.7 Å². The van der Waals surface area contributed by atoms with E-state index in [4.69, 9.17) is 0 Å². The lowest BCUT2D eigenvalue weighted by atomic mass is 10.1. The van der Waals surface area contributed by atoms with Crippen molar-refractivity contribution in [1.29, 1.82) is 0 Å². The summed E-state index contributed by atoms with van der Waals surface area (Å²) in [6, 6.07) is 14.6. The maximum absolute atomic E-state index is 11.6. The van der Waals surface area contributed by atoms with Crippen molar-refractivity contribution >= 4 is 50.5 Å². The van der Waals surface area contributed by atoms with Gasteiger partial charge in [-0.05, 0) is 41.3 Å². The van der Waals surface area contributed by atoms with Crippen LogP contribution in [0.15, 0.2) is 52.7 Å². The van der Waals surface area contributed by atoms with Crippen LogP contribution in [0.2, 0.25) is 0 Å². The first-order valence-corrected chi connectivity index (χ1v) is 11.7. The second-order valence-corrected chi connectivity index (χ2v) is 9.47. The molecule has 2 aliphatic rings. The van der Waals surface area contributed by atoms with Gasteiger partial charge in [0.2, 0.25) is 5.91 Å². The molecule has 0 spiro atoms. The number of anilines is 2. The average molecular weight is 426 g/mol. The molecule has 1 amide bonds. The van der Waals surface area contributed by atoms with Crippen molar-refractivity contribution < 1.29 is 9.90 Å². The monoisotopic (exact) mass is 425 g/mol. The van der Waals surface area contributed by atoms with Crippen molar-refractivity contribution in [3.8, 4) is 0 Å². The molecule has 150 valence electrons. The fourth-order valence-electron chi connectivity index (χ4n) is 4.08. The molecule has 1 atom stereocenters. The standard InChI is InChI=1S/C22H23N3O2S2/c26-19(15-4-5-21-17(12-15)23-22(27)14-29-21)13-24-7-9-25(10-8-24)18-2-1-3-20-16(18)6-11-28-20/h1-6,11-12,19,26H,7-10,13-14H2,(H,23,27). The molecule has 0 aliphatic carbocycles. The van der Waals surface area contributed by atoms with Crippen LogP contribution in [0.4, 0.5) is 11.4 Å². The third kappa shape index (κ3) is 3.88. The van der Waals surface area contributed by atoms with Crippen LogP contribution >= 0.6 is 23.1 Å². The van der Waals surface area contributed by atoms with Crippen LogP contribution in [0.25, 0.3) is 10.1 Å². The number of β-amino-alcohol motifs (C(OH)–C–C–N with tert-alkyl or cyclic N) is 1. The van der Waals surface area contributed by atoms with Crippen molar-refractivity contribution in [2.75, 3.05) is 48.7 Å². The summed E-state index contributed by atoms with van der Waals surface area (Å²) in [7, 11) is 0. The van der Waals surface area contributed by atoms with E-state index in [1.165, 1.54) is 15.8 Å². The first-order chi connectivity index (χ1) is 14.2. The van der Waals surface area contributed by atoms with Crippen molar-refractivity contribution in [3.63, 3.8) is 0 Å². The number of rotatable bonds is 4. The molecule has 2 N–H and O–H groups in total. The largest absolute Gasteiger partial charge is 0.387 e. The molecule has 1 fully saturated rings. The molecule has 2 aliphatic heterocycles. The number of amides is 1. The van der Waals surface area contributed by atoms with Gasteiger partial charge in [-0.25, -0.2) is 0 Å². The number of thiophene rings is 1. The van der Waals surface area contributed by atoms with Crippen molar-refractivity contribution in [1.82, 2.24) is 4.90 Å². The minimum Gasteiger partial charge on any atom is -0.387 e. The summed E-state index contributed by atoms with van der Waals surface area (Å²) >= 11 is 3.33. The number of fused-ring (bicyclic) bond motifs is 2. The van der Waals surface area contributed by atoms with E-state index in [1.807, 2.05) is 18.2 Å². The number of thioether (sulfide) groups is 1. The molecule has 0 saturated carbocycles. The summed E-state index contributed by atoms with van der Waals surface area (Å²) in [5.41, 5.74) is 2.99. The fraction of sp³-hybridized carbons (Fsp3) is 0.318. The van der Waals surface area contributed by atoms with Gasteiger partial charge < -0.3 is 15.3 Å². The number of nitrogens with zero attached hydrogens (tertiary/aromatic N) is 2. The zero-order chi connectivity index (χ0) is 19.8. The smallest absolute Gasteiger partial charge is 0.234 e. The number of hydrogen-bond donors (Lipinski definition) is 2. The lowest BCUT2D eigenvalue weighted by Gasteiger charge is -2.37. The van der Waals surface area contributed by atoms with Gasteiger partial charge in [0.25, 0.3) is 0 Å². The summed E-state index contributed by atoms with van der Waals surface area (Å²) in [5.74, 6) is 0.476. The average Bonchev–Trinajstić information content (AvgIpc) is 3.23. The molecule has 0 bridgehead atoms. The lowest BCUT2D eigenvalue weighted by molar-refractivity contribution is -0.113. The van der Waals surface area contributed by atoms with Gasteiger partial charge in [0.1, 0.15) is 0 Å². The van der Waals surface area contributed by atoms with Crippen molar-refractivity contribution in [2.24, 2.45) is 0 Å². The molecule has 3 heterocycles. The van der Waals surface area contributed by atoms with Gasteiger partial charge in [0.05, 0.1) is 17.5 Å². The van der Waals surface area contributed by atoms with Crippen LogP contribution in [0, 0.1) is 0 Å². The SMILES string of the molecule is O=C1CSc2ccc(C(O)CN3CCN(c4cccc5sccc45)CC3)cc2N1. The Labute approximate surface area is 178 Å². The first-order valence-electron chi connectivity index (χ1n) is 9.85. The molecule has 1 saturated heterocycles. The Kier molecular flexibility index (Phi) is 5.22. The molecule has 3 aromatic rings. The third-order valence-electron chi connectivity index (χ3n) is 5.64. The number of piperazine rings is 1. The highest BCUT2D eigenvalue weighted by Gasteiger charge is 2.23. The second kappa shape index (κ2) is 7.99. The highest BCUT2D eigenvalue weighted by atomic mass is 32.2. The molecule has 0 radical (unpaired) electrons. The lowest BCUT2D eigenvalue weighted by Crippen LogP contribution is -2.47. The maximum atomic E-state index is 11.6. The van der Waals surface area contributed by atoms with E-state index < -0.39 is 6.10 Å². The van der Waals surface area contributed by atoms with E-state index in [9.17, 15) is 9.90 Å².